The van der Waals surface area contributed by atoms with Crippen LogP contribution in [-0.2, 0) is 30.0 Å². The number of para-hydroxylation sites is 2. The van der Waals surface area contributed by atoms with E-state index in [1.165, 1.54) is 0 Å². The number of nitrogens with zero attached hydrogens (tertiary/aromatic N) is 3. The van der Waals surface area contributed by atoms with E-state index in [-0.39, 0.29) is 18.8 Å². The second-order valence-electron chi connectivity index (χ2n) is 10.5. The Morgan fingerprint density at radius 3 is 2.44 bits per heavy atom. The molecule has 0 radical (unpaired) electrons. The van der Waals surface area contributed by atoms with Gasteiger partial charge in [-0.15, -0.1) is 0 Å². The molecule has 0 amide bonds. The molecule has 0 bridgehead atoms. The van der Waals surface area contributed by atoms with Crippen molar-refractivity contribution in [3.63, 3.8) is 0 Å². The summed E-state index contributed by atoms with van der Waals surface area (Å²) >= 11 is 0. The van der Waals surface area contributed by atoms with Gasteiger partial charge in [0.2, 0.25) is 0 Å². The minimum absolute atomic E-state index is 0.0694. The zero-order chi connectivity index (χ0) is 31.0. The largest absolute Gasteiger partial charge is 0.462 e. The van der Waals surface area contributed by atoms with Gasteiger partial charge in [0.25, 0.3) is 0 Å². The molecule has 0 saturated heterocycles. The van der Waals surface area contributed by atoms with Crippen LogP contribution in [0.25, 0.3) is 21.9 Å². The third-order valence-electron chi connectivity index (χ3n) is 6.79. The first kappa shape index (κ1) is 32.4. The molecule has 4 aromatic rings. The fourth-order valence-electron chi connectivity index (χ4n) is 4.94. The van der Waals surface area contributed by atoms with Gasteiger partial charge < -0.3 is 24.3 Å². The summed E-state index contributed by atoms with van der Waals surface area (Å²) in [5.74, 6) is 0.876. The van der Waals surface area contributed by atoms with Crippen LogP contribution in [0.3, 0.4) is 0 Å². The first-order chi connectivity index (χ1) is 20.7. The van der Waals surface area contributed by atoms with Crippen molar-refractivity contribution in [1.29, 1.82) is 0 Å². The summed E-state index contributed by atoms with van der Waals surface area (Å²) in [6.07, 6.45) is 1.83. The van der Waals surface area contributed by atoms with Crippen LogP contribution in [0, 0.1) is 0 Å². The summed E-state index contributed by atoms with van der Waals surface area (Å²) in [5.41, 5.74) is 8.66. The summed E-state index contributed by atoms with van der Waals surface area (Å²) < 4.78 is 39.1. The normalized spacial score (nSPS) is 14.6. The molecular weight excluding hydrogens is 569 g/mol. The van der Waals surface area contributed by atoms with Gasteiger partial charge in [-0.25, -0.2) is 14.5 Å². The standard InChI is InChI=1S/C31H42N5O6P/c1-6-13-23(36-27(20-39-7-2)34-28-29(36)25-16-11-12-17-26(25)33-30(28)32)18-19-40-43(38,42-24-14-9-8-10-15-24)35-22(5)31(37)41-21(3)4/h8-12,14-17,21-23H,6-7,13,18-20H2,1-5H3,(H2,32,33)(H,35,38)/t22-,23+,43?/m0/s1. The Morgan fingerprint density at radius 2 is 1.74 bits per heavy atom. The Morgan fingerprint density at radius 1 is 1.02 bits per heavy atom. The van der Waals surface area contributed by atoms with E-state index in [1.807, 2.05) is 37.3 Å². The van der Waals surface area contributed by atoms with Gasteiger partial charge in [0.1, 0.15) is 29.7 Å². The van der Waals surface area contributed by atoms with Crippen molar-refractivity contribution in [2.75, 3.05) is 18.9 Å². The molecule has 232 valence electrons. The lowest BCUT2D eigenvalue weighted by atomic mass is 10.1. The molecule has 0 spiro atoms. The van der Waals surface area contributed by atoms with E-state index >= 15 is 0 Å². The molecular formula is C31H42N5O6P. The number of carbonyl (C=O) groups excluding carboxylic acids is 1. The Hall–Kier alpha value is -3.50. The molecule has 0 saturated carbocycles. The van der Waals surface area contributed by atoms with Gasteiger partial charge in [0, 0.05) is 18.0 Å². The number of benzene rings is 2. The fraction of sp³-hybridized carbons (Fsp3) is 0.452. The van der Waals surface area contributed by atoms with E-state index in [9.17, 15) is 9.36 Å². The Labute approximate surface area is 252 Å². The van der Waals surface area contributed by atoms with Crippen molar-refractivity contribution in [2.24, 2.45) is 0 Å². The highest BCUT2D eigenvalue weighted by molar-refractivity contribution is 7.52. The molecule has 12 heteroatoms. The lowest BCUT2D eigenvalue weighted by molar-refractivity contribution is -0.149. The average Bonchev–Trinajstić information content (AvgIpc) is 3.36. The zero-order valence-electron chi connectivity index (χ0n) is 25.5. The minimum Gasteiger partial charge on any atom is -0.462 e. The van der Waals surface area contributed by atoms with Crippen LogP contribution in [0.15, 0.2) is 54.6 Å². The van der Waals surface area contributed by atoms with E-state index < -0.39 is 19.8 Å². The molecule has 11 nitrogen and oxygen atoms in total. The number of anilines is 1. The number of pyridine rings is 1. The van der Waals surface area contributed by atoms with Gasteiger partial charge in [0.05, 0.1) is 23.7 Å². The Balaban J connectivity index is 1.65. The Bertz CT molecular complexity index is 1560. The second kappa shape index (κ2) is 14.8. The van der Waals surface area contributed by atoms with E-state index in [0.29, 0.717) is 36.7 Å². The second-order valence-corrected chi connectivity index (χ2v) is 12.2. The first-order valence-corrected chi connectivity index (χ1v) is 16.3. The van der Waals surface area contributed by atoms with Gasteiger partial charge in [-0.05, 0) is 58.7 Å². The summed E-state index contributed by atoms with van der Waals surface area (Å²) in [4.78, 5) is 22.0. The smallest absolute Gasteiger partial charge is 0.459 e. The number of esters is 1. The number of carbonyl (C=O) groups is 1. The molecule has 2 aromatic carbocycles. The maximum absolute atomic E-state index is 14.0. The monoisotopic (exact) mass is 611 g/mol. The topological polar surface area (TPSA) is 140 Å². The van der Waals surface area contributed by atoms with Crippen LogP contribution in [0.2, 0.25) is 0 Å². The number of nitrogen functional groups attached to an aromatic ring is 1. The van der Waals surface area contributed by atoms with Crippen molar-refractivity contribution in [1.82, 2.24) is 19.6 Å². The van der Waals surface area contributed by atoms with Crippen LogP contribution in [0.1, 0.15) is 65.7 Å². The summed E-state index contributed by atoms with van der Waals surface area (Å²) in [6, 6.07) is 15.5. The number of fused-ring (bicyclic) bond motifs is 3. The summed E-state index contributed by atoms with van der Waals surface area (Å²) in [5, 5.41) is 3.69. The number of nitrogens with two attached hydrogens (primary N) is 1. The minimum atomic E-state index is -4.00. The maximum Gasteiger partial charge on any atom is 0.459 e. The summed E-state index contributed by atoms with van der Waals surface area (Å²) in [7, 11) is -4.00. The molecule has 3 atom stereocenters. The number of hydrogen-bond acceptors (Lipinski definition) is 9. The van der Waals surface area contributed by atoms with Gasteiger partial charge in [-0.3, -0.25) is 9.32 Å². The highest BCUT2D eigenvalue weighted by Gasteiger charge is 2.33. The van der Waals surface area contributed by atoms with E-state index in [1.54, 1.807) is 45.0 Å². The van der Waals surface area contributed by atoms with Gasteiger partial charge >= 0.3 is 13.7 Å². The maximum atomic E-state index is 14.0. The van der Waals surface area contributed by atoms with Crippen LogP contribution in [0.4, 0.5) is 5.82 Å². The van der Waals surface area contributed by atoms with Crippen LogP contribution >= 0.6 is 7.75 Å². The van der Waals surface area contributed by atoms with Crippen LogP contribution < -0.4 is 15.3 Å². The van der Waals surface area contributed by atoms with Crippen molar-refractivity contribution >= 4 is 41.5 Å². The third-order valence-corrected chi connectivity index (χ3v) is 8.46. The number of nitrogens with one attached hydrogen (secondary N) is 1. The van der Waals surface area contributed by atoms with Gasteiger partial charge in [-0.2, -0.15) is 5.09 Å². The lowest BCUT2D eigenvalue weighted by Crippen LogP contribution is -2.36. The molecule has 0 aliphatic carbocycles. The Kier molecular flexibility index (Phi) is 11.2. The highest BCUT2D eigenvalue weighted by atomic mass is 31.2. The third kappa shape index (κ3) is 8.12. The molecule has 3 N–H and O–H groups in total. The molecule has 1 unspecified atom stereocenters. The number of imidazole rings is 1. The number of hydrogen-bond donors (Lipinski definition) is 2. The first-order valence-electron chi connectivity index (χ1n) is 14.8. The average molecular weight is 612 g/mol. The predicted octanol–water partition coefficient (Wildman–Crippen LogP) is 6.57. The molecule has 0 aliphatic rings. The van der Waals surface area contributed by atoms with Gasteiger partial charge in [-0.1, -0.05) is 49.7 Å². The van der Waals surface area contributed by atoms with Crippen molar-refractivity contribution < 1.29 is 27.9 Å². The SMILES string of the molecule is CCC[C@H](CCOP(=O)(N[C@@H](C)C(=O)OC(C)C)Oc1ccccc1)n1c(COCC)nc2c(N)nc3ccccc3c21. The fourth-order valence-corrected chi connectivity index (χ4v) is 6.44. The van der Waals surface area contributed by atoms with Crippen LogP contribution in [0.5, 0.6) is 5.75 Å². The quantitative estimate of drug-likeness (QED) is 0.106. The number of ether oxygens (including phenoxy) is 2. The van der Waals surface area contributed by atoms with Crippen molar-refractivity contribution in [3.8, 4) is 5.75 Å². The van der Waals surface area contributed by atoms with Crippen molar-refractivity contribution in [3.05, 3.63) is 60.4 Å². The predicted molar refractivity (Wildman–Crippen MR) is 168 cm³/mol. The lowest BCUT2D eigenvalue weighted by Gasteiger charge is -2.25. The van der Waals surface area contributed by atoms with E-state index in [4.69, 9.17) is 29.2 Å². The van der Waals surface area contributed by atoms with Crippen LogP contribution in [-0.4, -0.2) is 45.9 Å². The molecule has 0 fully saturated rings. The molecule has 0 aliphatic heterocycles. The highest BCUT2D eigenvalue weighted by Crippen LogP contribution is 2.45. The molecule has 2 heterocycles. The molecule has 4 rings (SSSR count). The van der Waals surface area contributed by atoms with E-state index in [2.05, 4.69) is 21.6 Å². The molecule has 43 heavy (non-hydrogen) atoms. The zero-order valence-corrected chi connectivity index (χ0v) is 26.4. The number of rotatable bonds is 16. The van der Waals surface area contributed by atoms with Gasteiger partial charge in [0.15, 0.2) is 5.82 Å². The summed E-state index contributed by atoms with van der Waals surface area (Å²) in [6.45, 7) is 10.0. The number of aromatic nitrogens is 3. The van der Waals surface area contributed by atoms with E-state index in [0.717, 1.165) is 35.1 Å². The van der Waals surface area contributed by atoms with Crippen molar-refractivity contribution in [2.45, 2.75) is 78.7 Å². The molecule has 2 aromatic heterocycles.